The summed E-state index contributed by atoms with van der Waals surface area (Å²) in [4.78, 5) is 13.3. The molecule has 0 saturated heterocycles. The minimum Gasteiger partial charge on any atom is -0.392 e. The Hall–Kier alpha value is -3.45. The minimum atomic E-state index is -2.37. The van der Waals surface area contributed by atoms with Gasteiger partial charge in [0.1, 0.15) is 17.2 Å². The second kappa shape index (κ2) is 6.45. The second-order valence-electron chi connectivity index (χ2n) is 5.70. The molecule has 0 atom stereocenters. The van der Waals surface area contributed by atoms with Crippen molar-refractivity contribution in [2.75, 3.05) is 18.0 Å². The van der Waals surface area contributed by atoms with E-state index in [9.17, 15) is 5.11 Å². The number of hydrogen-bond acceptors (Lipinski definition) is 6. The molecule has 3 aromatic heterocycles. The fraction of sp³-hybridized carbons (Fsp3) is 0.105. The molecule has 0 unspecified atom stereocenters. The molecule has 4 aromatic rings. The maximum atomic E-state index is 9.33. The number of imidazole rings is 1. The Morgan fingerprint density at radius 1 is 1.15 bits per heavy atom. The van der Waals surface area contributed by atoms with Crippen molar-refractivity contribution >= 4 is 22.8 Å². The third-order valence-corrected chi connectivity index (χ3v) is 4.09. The van der Waals surface area contributed by atoms with Gasteiger partial charge in [-0.3, -0.25) is 4.57 Å². The van der Waals surface area contributed by atoms with Crippen LogP contribution in [0.1, 0.15) is 9.68 Å². The van der Waals surface area contributed by atoms with E-state index in [1.165, 1.54) is 0 Å². The Labute approximate surface area is 154 Å². The zero-order chi connectivity index (χ0) is 20.6. The van der Waals surface area contributed by atoms with E-state index in [2.05, 4.69) is 20.3 Å². The molecular weight excluding hydrogens is 328 g/mol. The van der Waals surface area contributed by atoms with Crippen LogP contribution < -0.4 is 11.1 Å². The van der Waals surface area contributed by atoms with Gasteiger partial charge in [0.25, 0.3) is 0 Å². The van der Waals surface area contributed by atoms with Gasteiger partial charge in [-0.25, -0.2) is 15.0 Å². The number of nitrogen functional groups attached to an aromatic ring is 1. The van der Waals surface area contributed by atoms with E-state index in [-0.39, 0.29) is 12.4 Å². The first-order valence-corrected chi connectivity index (χ1v) is 7.94. The zero-order valence-corrected chi connectivity index (χ0v) is 13.7. The first kappa shape index (κ1) is 12.8. The molecule has 26 heavy (non-hydrogen) atoms. The van der Waals surface area contributed by atoms with Gasteiger partial charge in [-0.1, -0.05) is 12.1 Å². The Morgan fingerprint density at radius 2 is 2.00 bits per heavy atom. The molecule has 0 amide bonds. The van der Waals surface area contributed by atoms with E-state index in [0.717, 1.165) is 11.3 Å². The van der Waals surface area contributed by atoms with E-state index in [0.29, 0.717) is 28.4 Å². The van der Waals surface area contributed by atoms with E-state index in [4.69, 9.17) is 9.85 Å². The largest absolute Gasteiger partial charge is 0.392 e. The molecule has 0 aliphatic rings. The maximum absolute atomic E-state index is 9.33. The van der Waals surface area contributed by atoms with Crippen molar-refractivity contribution in [1.82, 2.24) is 19.5 Å². The Bertz CT molecular complexity index is 1170. The van der Waals surface area contributed by atoms with Crippen LogP contribution in [0.3, 0.4) is 0 Å². The second-order valence-corrected chi connectivity index (χ2v) is 5.70. The SMILES string of the molecule is [2H]C([2H])([2H])Nc1ccc2nc(-c3cccnc3N)n(-c3ccc(CO)cc3)c2n1. The first-order valence-electron chi connectivity index (χ1n) is 9.44. The number of fused-ring (bicyclic) bond motifs is 1. The van der Waals surface area contributed by atoms with Gasteiger partial charge in [-0.15, -0.1) is 0 Å². The van der Waals surface area contributed by atoms with E-state index in [1.807, 2.05) is 18.2 Å². The Morgan fingerprint density at radius 3 is 2.73 bits per heavy atom. The molecular formula is C19H18N6O. The van der Waals surface area contributed by atoms with Crippen LogP contribution in [0.4, 0.5) is 11.6 Å². The topological polar surface area (TPSA) is 102 Å². The van der Waals surface area contributed by atoms with Gasteiger partial charge in [0.05, 0.1) is 12.2 Å². The Kier molecular flexibility index (Phi) is 3.19. The van der Waals surface area contributed by atoms with Crippen molar-refractivity contribution in [3.05, 3.63) is 60.3 Å². The summed E-state index contributed by atoms with van der Waals surface area (Å²) in [5, 5.41) is 11.7. The summed E-state index contributed by atoms with van der Waals surface area (Å²) in [6, 6.07) is 14.1. The normalized spacial score (nSPS) is 13.2. The highest BCUT2D eigenvalue weighted by Crippen LogP contribution is 2.30. The van der Waals surface area contributed by atoms with Gasteiger partial charge in [-0.2, -0.15) is 0 Å². The lowest BCUT2D eigenvalue weighted by atomic mass is 10.2. The van der Waals surface area contributed by atoms with E-state index >= 15 is 0 Å². The van der Waals surface area contributed by atoms with E-state index in [1.54, 1.807) is 41.1 Å². The molecule has 0 aliphatic carbocycles. The lowest BCUT2D eigenvalue weighted by Gasteiger charge is -2.11. The highest BCUT2D eigenvalue weighted by molar-refractivity contribution is 5.83. The molecule has 4 N–H and O–H groups in total. The number of nitrogens with zero attached hydrogens (tertiary/aromatic N) is 4. The highest BCUT2D eigenvalue weighted by Gasteiger charge is 2.18. The number of anilines is 2. The third-order valence-electron chi connectivity index (χ3n) is 4.09. The molecule has 0 bridgehead atoms. The van der Waals surface area contributed by atoms with Crippen LogP contribution in [-0.4, -0.2) is 31.6 Å². The van der Waals surface area contributed by atoms with Crippen molar-refractivity contribution in [2.45, 2.75) is 6.61 Å². The molecule has 0 spiro atoms. The van der Waals surface area contributed by atoms with Crippen LogP contribution in [-0.2, 0) is 6.61 Å². The molecule has 3 heterocycles. The summed E-state index contributed by atoms with van der Waals surface area (Å²) in [7, 11) is 0. The van der Waals surface area contributed by atoms with Gasteiger partial charge in [0.15, 0.2) is 11.5 Å². The van der Waals surface area contributed by atoms with Crippen LogP contribution >= 0.6 is 0 Å². The molecule has 7 nitrogen and oxygen atoms in total. The average molecular weight is 349 g/mol. The average Bonchev–Trinajstić information content (AvgIpc) is 3.05. The number of aliphatic hydroxyl groups excluding tert-OH is 1. The van der Waals surface area contributed by atoms with Crippen molar-refractivity contribution in [3.63, 3.8) is 0 Å². The van der Waals surface area contributed by atoms with E-state index < -0.39 is 6.98 Å². The molecule has 130 valence electrons. The quantitative estimate of drug-likeness (QED) is 0.523. The van der Waals surface area contributed by atoms with Crippen LogP contribution in [0.2, 0.25) is 0 Å². The summed E-state index contributed by atoms with van der Waals surface area (Å²) in [5.41, 5.74) is 9.24. The van der Waals surface area contributed by atoms with Gasteiger partial charge in [-0.05, 0) is 42.0 Å². The number of nitrogens with two attached hydrogens (primary N) is 1. The van der Waals surface area contributed by atoms with Crippen LogP contribution in [0, 0.1) is 0 Å². The van der Waals surface area contributed by atoms with Crippen molar-refractivity contribution in [1.29, 1.82) is 0 Å². The minimum absolute atomic E-state index is 0.0712. The third kappa shape index (κ3) is 2.64. The van der Waals surface area contributed by atoms with Crippen molar-refractivity contribution in [3.8, 4) is 17.1 Å². The maximum Gasteiger partial charge on any atom is 0.167 e. The predicted octanol–water partition coefficient (Wildman–Crippen LogP) is 2.60. The lowest BCUT2D eigenvalue weighted by molar-refractivity contribution is 0.282. The van der Waals surface area contributed by atoms with Gasteiger partial charge >= 0.3 is 0 Å². The van der Waals surface area contributed by atoms with Crippen LogP contribution in [0.25, 0.3) is 28.2 Å². The van der Waals surface area contributed by atoms with Crippen LogP contribution in [0.15, 0.2) is 54.7 Å². The first-order chi connectivity index (χ1) is 13.9. The monoisotopic (exact) mass is 349 g/mol. The van der Waals surface area contributed by atoms with Crippen LogP contribution in [0.5, 0.6) is 0 Å². The number of aliphatic hydroxyl groups is 1. The summed E-state index contributed by atoms with van der Waals surface area (Å²) in [5.74, 6) is 1.05. The summed E-state index contributed by atoms with van der Waals surface area (Å²) in [6.07, 6.45) is 1.60. The summed E-state index contributed by atoms with van der Waals surface area (Å²) < 4.78 is 24.0. The summed E-state index contributed by atoms with van der Waals surface area (Å²) >= 11 is 0. The van der Waals surface area contributed by atoms with Gasteiger partial charge in [0.2, 0.25) is 0 Å². The number of hydrogen-bond donors (Lipinski definition) is 3. The summed E-state index contributed by atoms with van der Waals surface area (Å²) in [6.45, 7) is -2.44. The zero-order valence-electron chi connectivity index (χ0n) is 16.7. The predicted molar refractivity (Wildman–Crippen MR) is 102 cm³/mol. The fourth-order valence-electron chi connectivity index (χ4n) is 2.81. The van der Waals surface area contributed by atoms with Gasteiger partial charge < -0.3 is 16.2 Å². The molecule has 0 saturated carbocycles. The molecule has 0 aliphatic heterocycles. The Balaban J connectivity index is 1.97. The number of rotatable bonds is 4. The van der Waals surface area contributed by atoms with Crippen molar-refractivity contribution in [2.24, 2.45) is 0 Å². The molecule has 7 heteroatoms. The molecule has 4 rings (SSSR count). The standard InChI is InChI=1S/C19H18N6O/c1-21-16-9-8-15-19(24-16)25(13-6-4-12(11-26)5-7-13)18(23-15)14-3-2-10-22-17(14)20/h2-10,26H,11H2,1H3,(H2,20,22)(H,21,24)/i1D3. The number of nitrogens with one attached hydrogen (secondary N) is 1. The number of aromatic nitrogens is 4. The highest BCUT2D eigenvalue weighted by atomic mass is 16.3. The number of pyridine rings is 2. The molecule has 0 fully saturated rings. The lowest BCUT2D eigenvalue weighted by Crippen LogP contribution is -2.02. The van der Waals surface area contributed by atoms with Gasteiger partial charge in [0, 0.05) is 23.0 Å². The smallest absolute Gasteiger partial charge is 0.167 e. The van der Waals surface area contributed by atoms with Crippen molar-refractivity contribution < 1.29 is 9.22 Å². The molecule has 1 aromatic carbocycles. The number of benzene rings is 1. The fourth-order valence-corrected chi connectivity index (χ4v) is 2.81. The molecule has 0 radical (unpaired) electrons.